The largest absolute Gasteiger partial charge is 0.295 e. The van der Waals surface area contributed by atoms with E-state index in [4.69, 9.17) is 5.26 Å². The molecule has 5 heteroatoms. The zero-order chi connectivity index (χ0) is 11.5. The molecule has 15 heavy (non-hydrogen) atoms. The van der Waals surface area contributed by atoms with Crippen LogP contribution in [-0.4, -0.2) is 20.0 Å². The van der Waals surface area contributed by atoms with E-state index in [1.807, 2.05) is 0 Å². The number of nitriles is 1. The molecule has 4 nitrogen and oxygen atoms in total. The van der Waals surface area contributed by atoms with Crippen LogP contribution in [0.3, 0.4) is 0 Å². The second kappa shape index (κ2) is 4.24. The van der Waals surface area contributed by atoms with Gasteiger partial charge in [-0.15, -0.1) is 0 Å². The van der Waals surface area contributed by atoms with Gasteiger partial charge in [-0.05, 0) is 19.1 Å². The Morgan fingerprint density at radius 3 is 2.27 bits per heavy atom. The summed E-state index contributed by atoms with van der Waals surface area (Å²) in [5, 5.41) is 8.32. The Balaban J connectivity index is 3.11. The standard InChI is InChI=1S/C10H9NO3S/c1-8(12)9-2-4-10(5-3-9)15(13,14)7-6-11/h2-5H,7H2,1H3. The molecular weight excluding hydrogens is 214 g/mol. The van der Waals surface area contributed by atoms with Crippen LogP contribution in [0.1, 0.15) is 17.3 Å². The summed E-state index contributed by atoms with van der Waals surface area (Å²) >= 11 is 0. The van der Waals surface area contributed by atoms with Gasteiger partial charge in [-0.2, -0.15) is 5.26 Å². The maximum absolute atomic E-state index is 11.4. The van der Waals surface area contributed by atoms with E-state index in [9.17, 15) is 13.2 Å². The molecule has 0 heterocycles. The van der Waals surface area contributed by atoms with Gasteiger partial charge in [-0.25, -0.2) is 8.42 Å². The summed E-state index contributed by atoms with van der Waals surface area (Å²) in [6.45, 7) is 1.40. The van der Waals surface area contributed by atoms with Gasteiger partial charge in [0.05, 0.1) is 11.0 Å². The predicted octanol–water partition coefficient (Wildman–Crippen LogP) is 1.19. The van der Waals surface area contributed by atoms with Crippen molar-refractivity contribution in [1.29, 1.82) is 5.26 Å². The lowest BCUT2D eigenvalue weighted by Gasteiger charge is -2.00. The highest BCUT2D eigenvalue weighted by Crippen LogP contribution is 2.12. The van der Waals surface area contributed by atoms with Crippen molar-refractivity contribution in [3.05, 3.63) is 29.8 Å². The molecule has 0 amide bonds. The van der Waals surface area contributed by atoms with E-state index in [-0.39, 0.29) is 10.7 Å². The molecule has 0 N–H and O–H groups in total. The van der Waals surface area contributed by atoms with E-state index in [1.54, 1.807) is 6.07 Å². The third-order valence-electron chi connectivity index (χ3n) is 1.87. The van der Waals surface area contributed by atoms with Crippen molar-refractivity contribution >= 4 is 15.6 Å². The van der Waals surface area contributed by atoms with Gasteiger partial charge in [-0.3, -0.25) is 4.79 Å². The molecule has 1 aromatic rings. The van der Waals surface area contributed by atoms with E-state index in [0.717, 1.165) is 0 Å². The predicted molar refractivity (Wildman–Crippen MR) is 54.1 cm³/mol. The van der Waals surface area contributed by atoms with Gasteiger partial charge >= 0.3 is 0 Å². The number of Topliss-reactive ketones (excluding diaryl/α,β-unsaturated/α-hetero) is 1. The van der Waals surface area contributed by atoms with Crippen molar-refractivity contribution in [2.24, 2.45) is 0 Å². The minimum atomic E-state index is -3.53. The zero-order valence-electron chi connectivity index (χ0n) is 8.10. The summed E-state index contributed by atoms with van der Waals surface area (Å²) in [5.74, 6) is -0.675. The smallest absolute Gasteiger partial charge is 0.191 e. The maximum Gasteiger partial charge on any atom is 0.191 e. The molecule has 0 saturated carbocycles. The molecule has 0 aliphatic carbocycles. The number of nitrogens with zero attached hydrogens (tertiary/aromatic N) is 1. The second-order valence-corrected chi connectivity index (χ2v) is 4.99. The molecule has 1 aromatic carbocycles. The van der Waals surface area contributed by atoms with Gasteiger partial charge in [0, 0.05) is 5.56 Å². The lowest BCUT2D eigenvalue weighted by molar-refractivity contribution is 0.101. The molecule has 0 aromatic heterocycles. The van der Waals surface area contributed by atoms with Gasteiger partial charge in [0.1, 0.15) is 5.75 Å². The molecule has 0 aliphatic rings. The van der Waals surface area contributed by atoms with Crippen molar-refractivity contribution in [3.8, 4) is 6.07 Å². The van der Waals surface area contributed by atoms with Gasteiger partial charge in [0.2, 0.25) is 0 Å². The zero-order valence-corrected chi connectivity index (χ0v) is 8.91. The van der Waals surface area contributed by atoms with E-state index in [2.05, 4.69) is 0 Å². The summed E-state index contributed by atoms with van der Waals surface area (Å²) < 4.78 is 22.8. The average Bonchev–Trinajstić information content (AvgIpc) is 2.18. The van der Waals surface area contributed by atoms with Crippen LogP contribution in [0, 0.1) is 11.3 Å². The Bertz CT molecular complexity index is 509. The quantitative estimate of drug-likeness (QED) is 0.721. The van der Waals surface area contributed by atoms with E-state index < -0.39 is 15.6 Å². The highest BCUT2D eigenvalue weighted by Gasteiger charge is 2.13. The first-order chi connectivity index (χ1) is 6.97. The fraction of sp³-hybridized carbons (Fsp3) is 0.200. The summed E-state index contributed by atoms with van der Waals surface area (Å²) in [4.78, 5) is 11.0. The highest BCUT2D eigenvalue weighted by molar-refractivity contribution is 7.91. The molecule has 0 saturated heterocycles. The Hall–Kier alpha value is -1.67. The molecule has 0 bridgehead atoms. The van der Waals surface area contributed by atoms with Gasteiger partial charge < -0.3 is 0 Å². The molecule has 0 aliphatic heterocycles. The summed E-state index contributed by atoms with van der Waals surface area (Å²) in [5.41, 5.74) is 0.450. The van der Waals surface area contributed by atoms with Crippen molar-refractivity contribution < 1.29 is 13.2 Å². The monoisotopic (exact) mass is 223 g/mol. The molecule has 0 fully saturated rings. The first-order valence-electron chi connectivity index (χ1n) is 4.18. The highest BCUT2D eigenvalue weighted by atomic mass is 32.2. The Morgan fingerprint density at radius 2 is 1.87 bits per heavy atom. The summed E-state index contributed by atoms with van der Waals surface area (Å²) in [6, 6.07) is 7.14. The lowest BCUT2D eigenvalue weighted by atomic mass is 10.2. The first-order valence-corrected chi connectivity index (χ1v) is 5.83. The third kappa shape index (κ3) is 2.64. The third-order valence-corrected chi connectivity index (χ3v) is 3.37. The molecule has 78 valence electrons. The van der Waals surface area contributed by atoms with Crippen LogP contribution in [0.4, 0.5) is 0 Å². The number of sulfone groups is 1. The van der Waals surface area contributed by atoms with Crippen LogP contribution in [0.15, 0.2) is 29.2 Å². The lowest BCUT2D eigenvalue weighted by Crippen LogP contribution is -2.05. The minimum absolute atomic E-state index is 0.0639. The number of hydrogen-bond acceptors (Lipinski definition) is 4. The number of ketones is 1. The number of hydrogen-bond donors (Lipinski definition) is 0. The van der Waals surface area contributed by atoms with Crippen molar-refractivity contribution in [1.82, 2.24) is 0 Å². The fourth-order valence-electron chi connectivity index (χ4n) is 1.07. The van der Waals surface area contributed by atoms with Crippen LogP contribution >= 0.6 is 0 Å². The molecule has 1 rings (SSSR count). The molecule has 0 unspecified atom stereocenters. The Kier molecular flexibility index (Phi) is 3.22. The molecule has 0 radical (unpaired) electrons. The van der Waals surface area contributed by atoms with Crippen molar-refractivity contribution in [2.75, 3.05) is 5.75 Å². The van der Waals surface area contributed by atoms with Crippen LogP contribution < -0.4 is 0 Å². The summed E-state index contributed by atoms with van der Waals surface area (Å²) in [7, 11) is -3.53. The van der Waals surface area contributed by atoms with Crippen LogP contribution in [0.2, 0.25) is 0 Å². The van der Waals surface area contributed by atoms with E-state index in [1.165, 1.54) is 31.2 Å². The van der Waals surface area contributed by atoms with Crippen LogP contribution in [0.5, 0.6) is 0 Å². The fourth-order valence-corrected chi connectivity index (χ4v) is 1.95. The van der Waals surface area contributed by atoms with Gasteiger partial charge in [0.25, 0.3) is 0 Å². The molecule has 0 spiro atoms. The number of benzene rings is 1. The van der Waals surface area contributed by atoms with E-state index in [0.29, 0.717) is 5.56 Å². The van der Waals surface area contributed by atoms with E-state index >= 15 is 0 Å². The Labute approximate surface area is 88.1 Å². The number of carbonyl (C=O) groups excluding carboxylic acids is 1. The van der Waals surface area contributed by atoms with Crippen molar-refractivity contribution in [2.45, 2.75) is 11.8 Å². The number of rotatable bonds is 3. The molecular formula is C10H9NO3S. The van der Waals surface area contributed by atoms with Crippen LogP contribution in [-0.2, 0) is 9.84 Å². The average molecular weight is 223 g/mol. The Morgan fingerprint density at radius 1 is 1.33 bits per heavy atom. The normalized spacial score (nSPS) is 10.7. The number of carbonyl (C=O) groups is 1. The topological polar surface area (TPSA) is 75.0 Å². The maximum atomic E-state index is 11.4. The van der Waals surface area contributed by atoms with Crippen LogP contribution in [0.25, 0.3) is 0 Å². The minimum Gasteiger partial charge on any atom is -0.295 e. The van der Waals surface area contributed by atoms with Gasteiger partial charge in [-0.1, -0.05) is 12.1 Å². The first kappa shape index (κ1) is 11.4. The van der Waals surface area contributed by atoms with Crippen molar-refractivity contribution in [3.63, 3.8) is 0 Å². The summed E-state index contributed by atoms with van der Waals surface area (Å²) in [6.07, 6.45) is 0. The SMILES string of the molecule is CC(=O)c1ccc(S(=O)(=O)CC#N)cc1. The molecule has 0 atom stereocenters. The second-order valence-electron chi connectivity index (χ2n) is 3.00. The van der Waals surface area contributed by atoms with Gasteiger partial charge in [0.15, 0.2) is 15.6 Å².